The second kappa shape index (κ2) is 6.51. The SMILES string of the molecule is Cc1cccc(C(=O)C2CCCN(C(=O)OC(C)(C)C)C2)c1. The van der Waals surface area contributed by atoms with E-state index >= 15 is 0 Å². The molecule has 1 amide bonds. The molecular weight excluding hydrogens is 278 g/mol. The summed E-state index contributed by atoms with van der Waals surface area (Å²) in [5, 5.41) is 0. The van der Waals surface area contributed by atoms with Crippen molar-refractivity contribution in [2.45, 2.75) is 46.1 Å². The summed E-state index contributed by atoms with van der Waals surface area (Å²) in [6, 6.07) is 7.64. The van der Waals surface area contributed by atoms with Gasteiger partial charge in [-0.3, -0.25) is 4.79 Å². The molecule has 0 bridgehead atoms. The molecule has 4 heteroatoms. The molecular formula is C18H25NO3. The van der Waals surface area contributed by atoms with E-state index in [0.717, 1.165) is 24.0 Å². The Bertz CT molecular complexity index is 560. The van der Waals surface area contributed by atoms with Crippen LogP contribution < -0.4 is 0 Å². The number of benzene rings is 1. The second-order valence-electron chi connectivity index (χ2n) is 7.00. The fraction of sp³-hybridized carbons (Fsp3) is 0.556. The Morgan fingerprint density at radius 1 is 1.27 bits per heavy atom. The number of hydrogen-bond donors (Lipinski definition) is 0. The fourth-order valence-corrected chi connectivity index (χ4v) is 2.72. The van der Waals surface area contributed by atoms with Crippen molar-refractivity contribution in [2.24, 2.45) is 5.92 Å². The van der Waals surface area contributed by atoms with Crippen LogP contribution in [-0.4, -0.2) is 35.5 Å². The third-order valence-corrected chi connectivity index (χ3v) is 3.75. The Morgan fingerprint density at radius 2 is 2.00 bits per heavy atom. The molecule has 1 aromatic rings. The van der Waals surface area contributed by atoms with E-state index in [1.807, 2.05) is 52.0 Å². The maximum atomic E-state index is 12.6. The van der Waals surface area contributed by atoms with Crippen LogP contribution in [0.3, 0.4) is 0 Å². The van der Waals surface area contributed by atoms with E-state index < -0.39 is 5.60 Å². The summed E-state index contributed by atoms with van der Waals surface area (Å²) in [4.78, 5) is 26.5. The number of Topliss-reactive ketones (excluding diaryl/α,β-unsaturated/α-hetero) is 1. The van der Waals surface area contributed by atoms with Crippen molar-refractivity contribution in [3.63, 3.8) is 0 Å². The molecule has 0 saturated carbocycles. The van der Waals surface area contributed by atoms with Gasteiger partial charge in [0.05, 0.1) is 0 Å². The molecule has 1 saturated heterocycles. The number of piperidine rings is 1. The summed E-state index contributed by atoms with van der Waals surface area (Å²) >= 11 is 0. The zero-order valence-corrected chi connectivity index (χ0v) is 13.9. The molecule has 1 atom stereocenters. The van der Waals surface area contributed by atoms with Gasteiger partial charge in [-0.05, 0) is 46.6 Å². The lowest BCUT2D eigenvalue weighted by Gasteiger charge is -2.33. The first-order valence-corrected chi connectivity index (χ1v) is 7.85. The maximum Gasteiger partial charge on any atom is 0.410 e. The van der Waals surface area contributed by atoms with Crippen LogP contribution in [0.4, 0.5) is 4.79 Å². The molecule has 0 aliphatic carbocycles. The lowest BCUT2D eigenvalue weighted by molar-refractivity contribution is 0.0172. The van der Waals surface area contributed by atoms with Crippen molar-refractivity contribution in [3.8, 4) is 0 Å². The molecule has 120 valence electrons. The van der Waals surface area contributed by atoms with E-state index in [0.29, 0.717) is 13.1 Å². The van der Waals surface area contributed by atoms with Gasteiger partial charge in [-0.15, -0.1) is 0 Å². The average Bonchev–Trinajstić information content (AvgIpc) is 2.45. The number of aryl methyl sites for hydroxylation is 1. The first kappa shape index (κ1) is 16.5. The van der Waals surface area contributed by atoms with Crippen LogP contribution in [0.2, 0.25) is 0 Å². The number of ether oxygens (including phenoxy) is 1. The molecule has 22 heavy (non-hydrogen) atoms. The lowest BCUT2D eigenvalue weighted by atomic mass is 9.89. The summed E-state index contributed by atoms with van der Waals surface area (Å²) in [6.07, 6.45) is 1.34. The molecule has 1 aliphatic rings. The predicted octanol–water partition coefficient (Wildman–Crippen LogP) is 3.82. The molecule has 2 rings (SSSR count). The molecule has 0 aromatic heterocycles. The van der Waals surface area contributed by atoms with Gasteiger partial charge in [0.1, 0.15) is 5.60 Å². The van der Waals surface area contributed by atoms with E-state index in [1.165, 1.54) is 0 Å². The highest BCUT2D eigenvalue weighted by atomic mass is 16.6. The van der Waals surface area contributed by atoms with Crippen molar-refractivity contribution in [2.75, 3.05) is 13.1 Å². The number of likely N-dealkylation sites (tertiary alicyclic amines) is 1. The molecule has 1 aliphatic heterocycles. The van der Waals surface area contributed by atoms with Crippen LogP contribution in [0.1, 0.15) is 49.5 Å². The predicted molar refractivity (Wildman–Crippen MR) is 86.0 cm³/mol. The molecule has 0 N–H and O–H groups in total. The van der Waals surface area contributed by atoms with Crippen molar-refractivity contribution in [1.29, 1.82) is 0 Å². The number of hydrogen-bond acceptors (Lipinski definition) is 3. The van der Waals surface area contributed by atoms with E-state index in [2.05, 4.69) is 0 Å². The topological polar surface area (TPSA) is 46.6 Å². The highest BCUT2D eigenvalue weighted by Crippen LogP contribution is 2.23. The summed E-state index contributed by atoms with van der Waals surface area (Å²) in [7, 11) is 0. The number of ketones is 1. The number of rotatable bonds is 2. The van der Waals surface area contributed by atoms with Crippen molar-refractivity contribution >= 4 is 11.9 Å². The highest BCUT2D eigenvalue weighted by molar-refractivity contribution is 5.98. The summed E-state index contributed by atoms with van der Waals surface area (Å²) < 4.78 is 5.41. The number of carbonyl (C=O) groups excluding carboxylic acids is 2. The Labute approximate surface area is 132 Å². The van der Waals surface area contributed by atoms with E-state index in [1.54, 1.807) is 4.90 Å². The molecule has 1 unspecified atom stereocenters. The van der Waals surface area contributed by atoms with Gasteiger partial charge in [0.15, 0.2) is 5.78 Å². The molecule has 0 spiro atoms. The van der Waals surface area contributed by atoms with Gasteiger partial charge in [-0.1, -0.05) is 23.8 Å². The van der Waals surface area contributed by atoms with Gasteiger partial charge in [-0.2, -0.15) is 0 Å². The average molecular weight is 303 g/mol. The maximum absolute atomic E-state index is 12.6. The number of carbonyl (C=O) groups is 2. The Hall–Kier alpha value is -1.84. The minimum Gasteiger partial charge on any atom is -0.444 e. The van der Waals surface area contributed by atoms with E-state index in [-0.39, 0.29) is 17.8 Å². The molecule has 0 radical (unpaired) electrons. The smallest absolute Gasteiger partial charge is 0.410 e. The first-order valence-electron chi connectivity index (χ1n) is 7.85. The van der Waals surface area contributed by atoms with E-state index in [9.17, 15) is 9.59 Å². The Kier molecular flexibility index (Phi) is 4.89. The molecule has 1 fully saturated rings. The quantitative estimate of drug-likeness (QED) is 0.780. The van der Waals surface area contributed by atoms with Crippen LogP contribution in [0.15, 0.2) is 24.3 Å². The second-order valence-corrected chi connectivity index (χ2v) is 7.00. The van der Waals surface area contributed by atoms with Gasteiger partial charge >= 0.3 is 6.09 Å². The molecule has 1 heterocycles. The van der Waals surface area contributed by atoms with Gasteiger partial charge in [0.25, 0.3) is 0 Å². The van der Waals surface area contributed by atoms with Crippen LogP contribution in [0.25, 0.3) is 0 Å². The number of nitrogens with zero attached hydrogens (tertiary/aromatic N) is 1. The largest absolute Gasteiger partial charge is 0.444 e. The third-order valence-electron chi connectivity index (χ3n) is 3.75. The Balaban J connectivity index is 2.04. The lowest BCUT2D eigenvalue weighted by Crippen LogP contribution is -2.44. The van der Waals surface area contributed by atoms with Gasteiger partial charge in [0, 0.05) is 24.6 Å². The first-order chi connectivity index (χ1) is 10.3. The Morgan fingerprint density at radius 3 is 2.64 bits per heavy atom. The van der Waals surface area contributed by atoms with Crippen molar-refractivity contribution in [1.82, 2.24) is 4.90 Å². The standard InChI is InChI=1S/C18H25NO3/c1-13-7-5-8-14(11-13)16(20)15-9-6-10-19(12-15)17(21)22-18(2,3)4/h5,7-8,11,15H,6,9-10,12H2,1-4H3. The van der Waals surface area contributed by atoms with Crippen LogP contribution >= 0.6 is 0 Å². The van der Waals surface area contributed by atoms with E-state index in [4.69, 9.17) is 4.74 Å². The summed E-state index contributed by atoms with van der Waals surface area (Å²) in [5.41, 5.74) is 1.30. The van der Waals surface area contributed by atoms with Gasteiger partial charge in [0.2, 0.25) is 0 Å². The number of amides is 1. The minimum absolute atomic E-state index is 0.122. The highest BCUT2D eigenvalue weighted by Gasteiger charge is 2.31. The third kappa shape index (κ3) is 4.33. The van der Waals surface area contributed by atoms with Crippen LogP contribution in [0, 0.1) is 12.8 Å². The minimum atomic E-state index is -0.509. The fourth-order valence-electron chi connectivity index (χ4n) is 2.72. The normalized spacial score (nSPS) is 18.9. The zero-order valence-electron chi connectivity index (χ0n) is 13.9. The summed E-state index contributed by atoms with van der Waals surface area (Å²) in [6.45, 7) is 8.64. The van der Waals surface area contributed by atoms with Gasteiger partial charge in [-0.25, -0.2) is 4.79 Å². The monoisotopic (exact) mass is 303 g/mol. The molecule has 1 aromatic carbocycles. The van der Waals surface area contributed by atoms with Crippen molar-refractivity contribution < 1.29 is 14.3 Å². The van der Waals surface area contributed by atoms with Crippen LogP contribution in [0.5, 0.6) is 0 Å². The molecule has 4 nitrogen and oxygen atoms in total. The van der Waals surface area contributed by atoms with Gasteiger partial charge < -0.3 is 9.64 Å². The van der Waals surface area contributed by atoms with Crippen LogP contribution in [-0.2, 0) is 4.74 Å². The zero-order chi connectivity index (χ0) is 16.3. The summed E-state index contributed by atoms with van der Waals surface area (Å²) in [5.74, 6) is -0.0139. The van der Waals surface area contributed by atoms with Crippen molar-refractivity contribution in [3.05, 3.63) is 35.4 Å².